The summed E-state index contributed by atoms with van der Waals surface area (Å²) >= 11 is 0. The summed E-state index contributed by atoms with van der Waals surface area (Å²) in [5, 5.41) is 0. The highest BCUT2D eigenvalue weighted by Gasteiger charge is 2.23. The molecule has 104 valence electrons. The molecule has 5 heteroatoms. The van der Waals surface area contributed by atoms with E-state index in [2.05, 4.69) is 13.8 Å². The van der Waals surface area contributed by atoms with Crippen LogP contribution in [-0.4, -0.2) is 20.3 Å². The van der Waals surface area contributed by atoms with E-state index in [1.54, 1.807) is 0 Å². The van der Waals surface area contributed by atoms with Gasteiger partial charge in [-0.2, -0.15) is 0 Å². The number of unbranched alkanes of at least 4 members (excludes halogenated alkanes) is 5. The van der Waals surface area contributed by atoms with E-state index in [0.717, 1.165) is 25.7 Å². The fourth-order valence-electron chi connectivity index (χ4n) is 1.35. The summed E-state index contributed by atoms with van der Waals surface area (Å²) in [5.41, 5.74) is 0. The van der Waals surface area contributed by atoms with Gasteiger partial charge in [0.05, 0.1) is 13.2 Å². The van der Waals surface area contributed by atoms with Crippen molar-refractivity contribution in [1.82, 2.24) is 0 Å². The van der Waals surface area contributed by atoms with Crippen molar-refractivity contribution in [2.75, 3.05) is 20.3 Å². The smallest absolute Gasteiger partial charge is 0.290 e. The van der Waals surface area contributed by atoms with Crippen LogP contribution < -0.4 is 0 Å². The van der Waals surface area contributed by atoms with E-state index in [4.69, 9.17) is 13.6 Å². The van der Waals surface area contributed by atoms with E-state index >= 15 is 0 Å². The van der Waals surface area contributed by atoms with Gasteiger partial charge in [-0.1, -0.05) is 46.0 Å². The van der Waals surface area contributed by atoms with E-state index in [-0.39, 0.29) is 0 Å². The lowest BCUT2D eigenvalue weighted by Gasteiger charge is -2.15. The molecule has 0 spiro atoms. The van der Waals surface area contributed by atoms with Crippen molar-refractivity contribution >= 4 is 7.82 Å². The first-order chi connectivity index (χ1) is 8.18. The first-order valence-corrected chi connectivity index (χ1v) is 8.09. The van der Waals surface area contributed by atoms with Crippen LogP contribution in [0.4, 0.5) is 0 Å². The zero-order chi connectivity index (χ0) is 13.0. The average Bonchev–Trinajstić information content (AvgIpc) is 2.34. The second-order valence-corrected chi connectivity index (χ2v) is 5.84. The fraction of sp³-hybridized carbons (Fsp3) is 1.00. The van der Waals surface area contributed by atoms with Gasteiger partial charge in [0, 0.05) is 7.11 Å². The maximum Gasteiger partial charge on any atom is 0.474 e. The monoisotopic (exact) mass is 266 g/mol. The van der Waals surface area contributed by atoms with Crippen LogP contribution in [0.2, 0.25) is 0 Å². The van der Waals surface area contributed by atoms with Crippen molar-refractivity contribution in [3.8, 4) is 0 Å². The predicted octanol–water partition coefficient (Wildman–Crippen LogP) is 4.54. The molecule has 17 heavy (non-hydrogen) atoms. The van der Waals surface area contributed by atoms with E-state index in [0.29, 0.717) is 13.2 Å². The van der Waals surface area contributed by atoms with Crippen LogP contribution in [-0.2, 0) is 18.1 Å². The third-order valence-electron chi connectivity index (χ3n) is 2.47. The summed E-state index contributed by atoms with van der Waals surface area (Å²) in [6, 6.07) is 0. The molecule has 0 N–H and O–H groups in total. The maximum atomic E-state index is 11.9. The molecule has 1 atom stereocenters. The van der Waals surface area contributed by atoms with Crippen molar-refractivity contribution < 1.29 is 18.1 Å². The molecule has 0 aromatic carbocycles. The Balaban J connectivity index is 3.61. The Morgan fingerprint density at radius 3 is 1.88 bits per heavy atom. The Morgan fingerprint density at radius 2 is 1.35 bits per heavy atom. The van der Waals surface area contributed by atoms with E-state index < -0.39 is 7.82 Å². The minimum atomic E-state index is -3.29. The van der Waals surface area contributed by atoms with Crippen LogP contribution in [0.1, 0.15) is 58.8 Å². The van der Waals surface area contributed by atoms with Gasteiger partial charge in [0.25, 0.3) is 0 Å². The summed E-state index contributed by atoms with van der Waals surface area (Å²) in [7, 11) is -1.92. The second kappa shape index (κ2) is 11.2. The van der Waals surface area contributed by atoms with Crippen LogP contribution in [0, 0.1) is 0 Å². The standard InChI is InChI=1S/C12H27O4P/c1-4-6-8-9-10-12-16-17(13,14-3)15-11-7-5-2/h4-12H2,1-3H3. The van der Waals surface area contributed by atoms with E-state index in [1.165, 1.54) is 26.4 Å². The lowest BCUT2D eigenvalue weighted by atomic mass is 10.2. The molecule has 0 radical (unpaired) electrons. The normalized spacial score (nSPS) is 14.8. The summed E-state index contributed by atoms with van der Waals surface area (Å²) in [4.78, 5) is 0. The second-order valence-electron chi connectivity index (χ2n) is 4.06. The lowest BCUT2D eigenvalue weighted by Crippen LogP contribution is -2.01. The van der Waals surface area contributed by atoms with Gasteiger partial charge in [0.1, 0.15) is 0 Å². The molecule has 0 aliphatic rings. The molecule has 0 saturated heterocycles. The number of phosphoric ester groups is 1. The molecule has 0 aliphatic heterocycles. The Bertz CT molecular complexity index is 209. The molecule has 4 nitrogen and oxygen atoms in total. The van der Waals surface area contributed by atoms with Crippen LogP contribution in [0.5, 0.6) is 0 Å². The lowest BCUT2D eigenvalue weighted by molar-refractivity contribution is 0.128. The number of phosphoric acid groups is 1. The van der Waals surface area contributed by atoms with Gasteiger partial charge >= 0.3 is 7.82 Å². The minimum absolute atomic E-state index is 0.428. The van der Waals surface area contributed by atoms with Crippen molar-refractivity contribution in [2.24, 2.45) is 0 Å². The molecule has 0 saturated carbocycles. The molecule has 0 fully saturated rings. The van der Waals surface area contributed by atoms with E-state index in [9.17, 15) is 4.57 Å². The average molecular weight is 266 g/mol. The topological polar surface area (TPSA) is 44.8 Å². The first kappa shape index (κ1) is 17.1. The molecule has 0 heterocycles. The van der Waals surface area contributed by atoms with Gasteiger partial charge in [0.15, 0.2) is 0 Å². The molecule has 0 amide bonds. The minimum Gasteiger partial charge on any atom is -0.290 e. The van der Waals surface area contributed by atoms with Gasteiger partial charge in [-0.15, -0.1) is 0 Å². The Labute approximate surface area is 106 Å². The van der Waals surface area contributed by atoms with E-state index in [1.807, 2.05) is 0 Å². The number of rotatable bonds is 12. The quantitative estimate of drug-likeness (QED) is 0.384. The zero-order valence-electron chi connectivity index (χ0n) is 11.4. The molecule has 0 aromatic heterocycles. The van der Waals surface area contributed by atoms with Crippen LogP contribution in [0.15, 0.2) is 0 Å². The highest BCUT2D eigenvalue weighted by atomic mass is 31.2. The van der Waals surface area contributed by atoms with Crippen molar-refractivity contribution in [3.05, 3.63) is 0 Å². The van der Waals surface area contributed by atoms with Crippen LogP contribution >= 0.6 is 7.82 Å². The third kappa shape index (κ3) is 9.78. The van der Waals surface area contributed by atoms with Crippen molar-refractivity contribution in [3.63, 3.8) is 0 Å². The number of hydrogen-bond donors (Lipinski definition) is 0. The Hall–Kier alpha value is 0.110. The SMILES string of the molecule is CCCCCCCOP(=O)(OC)OCCCC. The molecule has 1 unspecified atom stereocenters. The molecule has 0 bridgehead atoms. The Kier molecular flexibility index (Phi) is 11.3. The van der Waals surface area contributed by atoms with Gasteiger partial charge in [-0.05, 0) is 12.8 Å². The molecular formula is C12H27O4P. The summed E-state index contributed by atoms with van der Waals surface area (Å²) in [6.07, 6.45) is 7.55. The predicted molar refractivity (Wildman–Crippen MR) is 70.2 cm³/mol. The fourth-order valence-corrected chi connectivity index (χ4v) is 2.34. The molecule has 0 aromatic rings. The van der Waals surface area contributed by atoms with Gasteiger partial charge in [-0.25, -0.2) is 4.57 Å². The molecular weight excluding hydrogens is 239 g/mol. The molecule has 0 aliphatic carbocycles. The zero-order valence-corrected chi connectivity index (χ0v) is 12.3. The largest absolute Gasteiger partial charge is 0.474 e. The summed E-state index contributed by atoms with van der Waals surface area (Å²) in [5.74, 6) is 0. The van der Waals surface area contributed by atoms with Crippen LogP contribution in [0.3, 0.4) is 0 Å². The third-order valence-corrected chi connectivity index (χ3v) is 3.91. The Morgan fingerprint density at radius 1 is 0.824 bits per heavy atom. The van der Waals surface area contributed by atoms with Gasteiger partial charge < -0.3 is 0 Å². The summed E-state index contributed by atoms with van der Waals surface area (Å²) < 4.78 is 27.1. The van der Waals surface area contributed by atoms with Crippen molar-refractivity contribution in [1.29, 1.82) is 0 Å². The van der Waals surface area contributed by atoms with Crippen LogP contribution in [0.25, 0.3) is 0 Å². The first-order valence-electron chi connectivity index (χ1n) is 6.63. The summed E-state index contributed by atoms with van der Waals surface area (Å²) in [6.45, 7) is 5.10. The number of hydrogen-bond acceptors (Lipinski definition) is 4. The maximum absolute atomic E-state index is 11.9. The van der Waals surface area contributed by atoms with Crippen molar-refractivity contribution in [2.45, 2.75) is 58.8 Å². The van der Waals surface area contributed by atoms with Gasteiger partial charge in [-0.3, -0.25) is 13.6 Å². The van der Waals surface area contributed by atoms with Gasteiger partial charge in [0.2, 0.25) is 0 Å². The highest BCUT2D eigenvalue weighted by molar-refractivity contribution is 7.48. The molecule has 0 rings (SSSR count). The highest BCUT2D eigenvalue weighted by Crippen LogP contribution is 2.48.